The molecule has 152 valence electrons. The molecule has 2 heterocycles. The second-order valence-corrected chi connectivity index (χ2v) is 15.0. The van der Waals surface area contributed by atoms with E-state index in [0.717, 1.165) is 13.0 Å². The summed E-state index contributed by atoms with van der Waals surface area (Å²) in [5, 5.41) is 0.140. The Bertz CT molecular complexity index is 505. The number of rotatable bonds is 3. The Kier molecular flexibility index (Phi) is 6.18. The van der Waals surface area contributed by atoms with Crippen LogP contribution in [0.3, 0.4) is 0 Å². The third kappa shape index (κ3) is 5.44. The van der Waals surface area contributed by atoms with Gasteiger partial charge in [-0.2, -0.15) is 0 Å². The lowest BCUT2D eigenvalue weighted by Gasteiger charge is -2.42. The molecule has 2 aliphatic rings. The first-order valence-electron chi connectivity index (χ1n) is 9.61. The molecule has 7 heteroatoms. The molecule has 0 aliphatic carbocycles. The number of hydrogen-bond acceptors (Lipinski definition) is 5. The van der Waals surface area contributed by atoms with Gasteiger partial charge in [0, 0.05) is 6.42 Å². The zero-order valence-corrected chi connectivity index (χ0v) is 18.8. The van der Waals surface area contributed by atoms with Crippen LogP contribution in [-0.4, -0.2) is 69.5 Å². The number of carbonyl (C=O) groups is 1. The summed E-state index contributed by atoms with van der Waals surface area (Å²) in [5.41, 5.74) is -0.909. The second kappa shape index (κ2) is 7.41. The van der Waals surface area contributed by atoms with E-state index < -0.39 is 13.9 Å². The Morgan fingerprint density at radius 2 is 1.85 bits per heavy atom. The van der Waals surface area contributed by atoms with E-state index in [9.17, 15) is 4.79 Å². The highest BCUT2D eigenvalue weighted by atomic mass is 28.4. The van der Waals surface area contributed by atoms with Gasteiger partial charge in [-0.15, -0.1) is 0 Å². The Hall–Kier alpha value is -0.633. The van der Waals surface area contributed by atoms with Crippen molar-refractivity contribution in [1.29, 1.82) is 0 Å². The lowest BCUT2D eigenvalue weighted by Crippen LogP contribution is -2.55. The molecule has 0 aromatic carbocycles. The highest BCUT2D eigenvalue weighted by Crippen LogP contribution is 2.37. The summed E-state index contributed by atoms with van der Waals surface area (Å²) < 4.78 is 23.8. The summed E-state index contributed by atoms with van der Waals surface area (Å²) in [6, 6.07) is 0. The Labute approximate surface area is 159 Å². The van der Waals surface area contributed by atoms with Crippen molar-refractivity contribution in [3.63, 3.8) is 0 Å². The zero-order chi connectivity index (χ0) is 19.8. The SMILES string of the molecule is CC(C)(C)OC(=O)N1C[C@@H](CO[Si](C)(C)C(C)(C)C)OCC2(CCO2)C1. The maximum atomic E-state index is 12.7. The molecule has 0 aromatic heterocycles. The largest absolute Gasteiger partial charge is 0.444 e. The van der Waals surface area contributed by atoms with Crippen molar-refractivity contribution in [2.75, 3.05) is 32.9 Å². The van der Waals surface area contributed by atoms with Gasteiger partial charge in [0.25, 0.3) is 0 Å². The van der Waals surface area contributed by atoms with E-state index in [2.05, 4.69) is 33.9 Å². The lowest BCUT2D eigenvalue weighted by atomic mass is 9.95. The summed E-state index contributed by atoms with van der Waals surface area (Å²) in [4.78, 5) is 14.4. The molecular formula is C19H37NO5Si. The first-order chi connectivity index (χ1) is 11.7. The third-order valence-electron chi connectivity index (χ3n) is 5.54. The molecule has 2 rings (SSSR count). The van der Waals surface area contributed by atoms with Crippen LogP contribution < -0.4 is 0 Å². The first kappa shape index (κ1) is 21.7. The van der Waals surface area contributed by atoms with Gasteiger partial charge >= 0.3 is 6.09 Å². The fraction of sp³-hybridized carbons (Fsp3) is 0.947. The number of nitrogens with zero attached hydrogens (tertiary/aromatic N) is 1. The molecule has 0 N–H and O–H groups in total. The molecule has 2 aliphatic heterocycles. The second-order valence-electron chi connectivity index (χ2n) is 10.1. The minimum Gasteiger partial charge on any atom is -0.444 e. The number of amides is 1. The Morgan fingerprint density at radius 1 is 1.23 bits per heavy atom. The van der Waals surface area contributed by atoms with Crippen LogP contribution >= 0.6 is 0 Å². The van der Waals surface area contributed by atoms with Crippen LogP contribution in [0.15, 0.2) is 0 Å². The standard InChI is InChI=1S/C19H37NO5Si/c1-17(2,3)25-16(21)20-11-15(12-24-26(7,8)18(4,5)6)22-14-19(13-20)9-10-23-19/h15H,9-14H2,1-8H3/t15-,19?/m0/s1. The van der Waals surface area contributed by atoms with Crippen LogP contribution in [0, 0.1) is 0 Å². The average Bonchev–Trinajstić information content (AvgIpc) is 2.62. The molecule has 0 saturated carbocycles. The minimum atomic E-state index is -1.87. The number of carbonyl (C=O) groups excluding carboxylic acids is 1. The predicted molar refractivity (Wildman–Crippen MR) is 104 cm³/mol. The molecule has 1 amide bonds. The van der Waals surface area contributed by atoms with Gasteiger partial charge in [-0.05, 0) is 38.9 Å². The van der Waals surface area contributed by atoms with Crippen molar-refractivity contribution in [2.45, 2.75) is 83.4 Å². The summed E-state index contributed by atoms with van der Waals surface area (Å²) in [6.45, 7) is 19.4. The van der Waals surface area contributed by atoms with Gasteiger partial charge in [-0.3, -0.25) is 0 Å². The van der Waals surface area contributed by atoms with Crippen LogP contribution in [0.5, 0.6) is 0 Å². The Morgan fingerprint density at radius 3 is 2.31 bits per heavy atom. The van der Waals surface area contributed by atoms with Gasteiger partial charge in [0.1, 0.15) is 11.2 Å². The minimum absolute atomic E-state index is 0.140. The number of ether oxygens (including phenoxy) is 3. The Balaban J connectivity index is 2.05. The summed E-state index contributed by atoms with van der Waals surface area (Å²) in [5.74, 6) is 0. The van der Waals surface area contributed by atoms with E-state index in [0.29, 0.717) is 26.3 Å². The van der Waals surface area contributed by atoms with E-state index in [-0.39, 0.29) is 22.8 Å². The molecular weight excluding hydrogens is 350 g/mol. The lowest BCUT2D eigenvalue weighted by molar-refractivity contribution is -0.182. The van der Waals surface area contributed by atoms with Gasteiger partial charge in [0.2, 0.25) is 0 Å². The zero-order valence-electron chi connectivity index (χ0n) is 17.8. The molecule has 2 fully saturated rings. The summed E-state index contributed by atoms with van der Waals surface area (Å²) in [6.07, 6.45) is 0.428. The molecule has 0 bridgehead atoms. The molecule has 1 spiro atoms. The van der Waals surface area contributed by atoms with Gasteiger partial charge in [0.05, 0.1) is 39.0 Å². The monoisotopic (exact) mass is 387 g/mol. The maximum absolute atomic E-state index is 12.7. The highest BCUT2D eigenvalue weighted by molar-refractivity contribution is 6.74. The van der Waals surface area contributed by atoms with Gasteiger partial charge in [-0.1, -0.05) is 20.8 Å². The number of hydrogen-bond donors (Lipinski definition) is 0. The van der Waals surface area contributed by atoms with Gasteiger partial charge in [-0.25, -0.2) is 4.79 Å². The third-order valence-corrected chi connectivity index (χ3v) is 10.0. The van der Waals surface area contributed by atoms with E-state index >= 15 is 0 Å². The quantitative estimate of drug-likeness (QED) is 0.689. The fourth-order valence-corrected chi connectivity index (χ4v) is 3.78. The molecule has 2 atom stereocenters. The molecule has 1 unspecified atom stereocenters. The molecule has 0 radical (unpaired) electrons. The smallest absolute Gasteiger partial charge is 0.410 e. The van der Waals surface area contributed by atoms with Crippen molar-refractivity contribution in [2.24, 2.45) is 0 Å². The van der Waals surface area contributed by atoms with Crippen molar-refractivity contribution < 1.29 is 23.4 Å². The van der Waals surface area contributed by atoms with Crippen LogP contribution in [0.25, 0.3) is 0 Å². The topological polar surface area (TPSA) is 57.2 Å². The fourth-order valence-electron chi connectivity index (χ4n) is 2.74. The molecule has 6 nitrogen and oxygen atoms in total. The highest BCUT2D eigenvalue weighted by Gasteiger charge is 2.46. The normalized spacial score (nSPS) is 27.8. The van der Waals surface area contributed by atoms with E-state index in [4.69, 9.17) is 18.6 Å². The van der Waals surface area contributed by atoms with E-state index in [1.165, 1.54) is 0 Å². The van der Waals surface area contributed by atoms with Crippen molar-refractivity contribution >= 4 is 14.4 Å². The maximum Gasteiger partial charge on any atom is 0.410 e. The molecule has 26 heavy (non-hydrogen) atoms. The summed E-state index contributed by atoms with van der Waals surface area (Å²) >= 11 is 0. The van der Waals surface area contributed by atoms with E-state index in [1.54, 1.807) is 4.90 Å². The van der Waals surface area contributed by atoms with Crippen LogP contribution in [-0.2, 0) is 18.6 Å². The van der Waals surface area contributed by atoms with Crippen molar-refractivity contribution in [1.82, 2.24) is 4.90 Å². The first-order valence-corrected chi connectivity index (χ1v) is 12.5. The molecule has 2 saturated heterocycles. The predicted octanol–water partition coefficient (Wildman–Crippen LogP) is 3.80. The summed E-state index contributed by atoms with van der Waals surface area (Å²) in [7, 11) is -1.87. The van der Waals surface area contributed by atoms with Crippen LogP contribution in [0.1, 0.15) is 48.0 Å². The van der Waals surface area contributed by atoms with Gasteiger partial charge in [0.15, 0.2) is 8.32 Å². The average molecular weight is 388 g/mol. The van der Waals surface area contributed by atoms with Gasteiger partial charge < -0.3 is 23.5 Å². The van der Waals surface area contributed by atoms with Crippen LogP contribution in [0.4, 0.5) is 4.79 Å². The van der Waals surface area contributed by atoms with E-state index in [1.807, 2.05) is 20.8 Å². The van der Waals surface area contributed by atoms with Crippen molar-refractivity contribution in [3.05, 3.63) is 0 Å². The molecule has 0 aromatic rings. The van der Waals surface area contributed by atoms with Crippen molar-refractivity contribution in [3.8, 4) is 0 Å². The van der Waals surface area contributed by atoms with Crippen LogP contribution in [0.2, 0.25) is 18.1 Å².